The highest BCUT2D eigenvalue weighted by molar-refractivity contribution is 7.92. The smallest absolute Gasteiger partial charge is 0.264 e. The molecule has 8 nitrogen and oxygen atoms in total. The molecular weight excluding hydrogens is 514 g/mol. The topological polar surface area (TPSA) is 96.0 Å². The first-order chi connectivity index (χ1) is 18.7. The van der Waals surface area contributed by atoms with E-state index in [0.717, 1.165) is 21.9 Å². The Kier molecular flexibility index (Phi) is 10.5. The van der Waals surface area contributed by atoms with Crippen molar-refractivity contribution in [3.05, 3.63) is 90.0 Å². The summed E-state index contributed by atoms with van der Waals surface area (Å²) in [7, 11) is -2.51. The van der Waals surface area contributed by atoms with Gasteiger partial charge in [0.1, 0.15) is 18.3 Å². The molecule has 0 aromatic heterocycles. The number of benzene rings is 3. The molecule has 1 N–H and O–H groups in total. The van der Waals surface area contributed by atoms with Crippen LogP contribution in [0.15, 0.2) is 83.8 Å². The number of nitrogens with zero attached hydrogens (tertiary/aromatic N) is 2. The Labute approximate surface area is 231 Å². The second-order valence-electron chi connectivity index (χ2n) is 9.25. The lowest BCUT2D eigenvalue weighted by atomic mass is 10.1. The summed E-state index contributed by atoms with van der Waals surface area (Å²) in [4.78, 5) is 28.7. The first kappa shape index (κ1) is 29.7. The van der Waals surface area contributed by atoms with Gasteiger partial charge in [0.2, 0.25) is 11.8 Å². The van der Waals surface area contributed by atoms with Gasteiger partial charge in [-0.3, -0.25) is 13.9 Å². The summed E-state index contributed by atoms with van der Waals surface area (Å²) in [6.07, 6.45) is 1.12. The highest BCUT2D eigenvalue weighted by atomic mass is 32.2. The second-order valence-corrected chi connectivity index (χ2v) is 11.1. The summed E-state index contributed by atoms with van der Waals surface area (Å²) in [6, 6.07) is 21.5. The van der Waals surface area contributed by atoms with Gasteiger partial charge in [-0.2, -0.15) is 0 Å². The van der Waals surface area contributed by atoms with Crippen LogP contribution < -0.4 is 14.4 Å². The van der Waals surface area contributed by atoms with Crippen LogP contribution in [0.4, 0.5) is 5.69 Å². The van der Waals surface area contributed by atoms with Gasteiger partial charge in [0, 0.05) is 13.1 Å². The van der Waals surface area contributed by atoms with E-state index in [1.807, 2.05) is 39.0 Å². The predicted octanol–water partition coefficient (Wildman–Crippen LogP) is 4.53. The maximum Gasteiger partial charge on any atom is 0.264 e. The standard InChI is InChI=1S/C30H37N3O5S/c1-5-19-31-30(35)28(6-2)32(21-24-15-17-26(38-4)18-16-24)29(34)22-33(25-12-10-11-23(3)20-25)39(36,37)27-13-8-7-9-14-27/h7-18,20,28H,5-6,19,21-22H2,1-4H3,(H,31,35)/t28-/m1/s1. The fraction of sp³-hybridized carbons (Fsp3) is 0.333. The third-order valence-corrected chi connectivity index (χ3v) is 8.13. The Bertz CT molecular complexity index is 1340. The molecule has 1 atom stereocenters. The van der Waals surface area contributed by atoms with Crippen LogP contribution in [0.3, 0.4) is 0 Å². The Morgan fingerprint density at radius 2 is 1.64 bits per heavy atom. The van der Waals surface area contributed by atoms with Gasteiger partial charge in [0.05, 0.1) is 17.7 Å². The number of sulfonamides is 1. The molecule has 0 heterocycles. The minimum absolute atomic E-state index is 0.0775. The number of anilines is 1. The molecule has 208 valence electrons. The molecule has 0 radical (unpaired) electrons. The summed E-state index contributed by atoms with van der Waals surface area (Å²) in [5, 5.41) is 2.89. The van der Waals surface area contributed by atoms with Crippen molar-refractivity contribution in [3.63, 3.8) is 0 Å². The van der Waals surface area contributed by atoms with Gasteiger partial charge in [0.15, 0.2) is 0 Å². The van der Waals surface area contributed by atoms with Crippen molar-refractivity contribution in [1.82, 2.24) is 10.2 Å². The third kappa shape index (κ3) is 7.60. The second kappa shape index (κ2) is 13.8. The number of carbonyl (C=O) groups excluding carboxylic acids is 2. The van der Waals surface area contributed by atoms with Gasteiger partial charge in [0.25, 0.3) is 10.0 Å². The van der Waals surface area contributed by atoms with Crippen LogP contribution in [0.2, 0.25) is 0 Å². The third-order valence-electron chi connectivity index (χ3n) is 6.35. The maximum absolute atomic E-state index is 14.0. The SMILES string of the molecule is CCCNC(=O)[C@@H](CC)N(Cc1ccc(OC)cc1)C(=O)CN(c1cccc(C)c1)S(=O)(=O)c1ccccc1. The average Bonchev–Trinajstić information content (AvgIpc) is 2.95. The fourth-order valence-electron chi connectivity index (χ4n) is 4.24. The predicted molar refractivity (Wildman–Crippen MR) is 153 cm³/mol. The molecule has 39 heavy (non-hydrogen) atoms. The molecule has 0 aliphatic heterocycles. The van der Waals surface area contributed by atoms with Crippen LogP contribution in [0, 0.1) is 6.92 Å². The number of methoxy groups -OCH3 is 1. The minimum atomic E-state index is -4.08. The zero-order chi connectivity index (χ0) is 28.4. The van der Waals surface area contributed by atoms with Crippen molar-refractivity contribution in [2.75, 3.05) is 24.5 Å². The van der Waals surface area contributed by atoms with Crippen LogP contribution >= 0.6 is 0 Å². The molecular formula is C30H37N3O5S. The number of nitrogens with one attached hydrogen (secondary N) is 1. The normalized spacial score (nSPS) is 11.9. The number of amides is 2. The molecule has 0 saturated heterocycles. The average molecular weight is 552 g/mol. The largest absolute Gasteiger partial charge is 0.497 e. The van der Waals surface area contributed by atoms with Crippen molar-refractivity contribution in [3.8, 4) is 5.75 Å². The lowest BCUT2D eigenvalue weighted by molar-refractivity contribution is -0.140. The molecule has 2 amide bonds. The number of carbonyl (C=O) groups is 2. The first-order valence-corrected chi connectivity index (χ1v) is 14.5. The quantitative estimate of drug-likeness (QED) is 0.337. The lowest BCUT2D eigenvalue weighted by Gasteiger charge is -2.33. The van der Waals surface area contributed by atoms with Gasteiger partial charge in [-0.25, -0.2) is 8.42 Å². The van der Waals surface area contributed by atoms with Gasteiger partial charge < -0.3 is 15.0 Å². The molecule has 0 fully saturated rings. The molecule has 3 aromatic carbocycles. The number of rotatable bonds is 13. The lowest BCUT2D eigenvalue weighted by Crippen LogP contribution is -2.52. The molecule has 0 aliphatic carbocycles. The minimum Gasteiger partial charge on any atom is -0.497 e. The van der Waals surface area contributed by atoms with E-state index in [9.17, 15) is 18.0 Å². The molecule has 0 bridgehead atoms. The van der Waals surface area contributed by atoms with Gasteiger partial charge >= 0.3 is 0 Å². The summed E-state index contributed by atoms with van der Waals surface area (Å²) < 4.78 is 34.0. The number of hydrogen-bond donors (Lipinski definition) is 1. The molecule has 3 rings (SSSR count). The fourth-order valence-corrected chi connectivity index (χ4v) is 5.67. The Balaban J connectivity index is 2.03. The van der Waals surface area contributed by atoms with Gasteiger partial charge in [-0.1, -0.05) is 56.3 Å². The molecule has 0 aliphatic rings. The zero-order valence-corrected chi connectivity index (χ0v) is 23.8. The van der Waals surface area contributed by atoms with Crippen molar-refractivity contribution in [1.29, 1.82) is 0 Å². The number of hydrogen-bond acceptors (Lipinski definition) is 5. The zero-order valence-electron chi connectivity index (χ0n) is 23.0. The molecule has 3 aromatic rings. The van der Waals surface area contributed by atoms with Crippen LogP contribution in [-0.4, -0.2) is 51.4 Å². The summed E-state index contributed by atoms with van der Waals surface area (Å²) in [5.74, 6) is -0.0801. The summed E-state index contributed by atoms with van der Waals surface area (Å²) in [6.45, 7) is 5.80. The molecule has 0 saturated carbocycles. The summed E-state index contributed by atoms with van der Waals surface area (Å²) in [5.41, 5.74) is 2.02. The van der Waals surface area contributed by atoms with Gasteiger partial charge in [-0.15, -0.1) is 0 Å². The Morgan fingerprint density at radius 3 is 2.23 bits per heavy atom. The van der Waals surface area contributed by atoms with Crippen molar-refractivity contribution >= 4 is 27.5 Å². The molecule has 0 spiro atoms. The van der Waals surface area contributed by atoms with Crippen LogP contribution in [0.5, 0.6) is 5.75 Å². The number of ether oxygens (including phenoxy) is 1. The highest BCUT2D eigenvalue weighted by Gasteiger charge is 2.33. The van der Waals surface area contributed by atoms with E-state index in [0.29, 0.717) is 24.4 Å². The van der Waals surface area contributed by atoms with Crippen molar-refractivity contribution in [2.45, 2.75) is 51.1 Å². The first-order valence-electron chi connectivity index (χ1n) is 13.1. The Morgan fingerprint density at radius 1 is 0.949 bits per heavy atom. The van der Waals surface area contributed by atoms with E-state index in [4.69, 9.17) is 4.74 Å². The van der Waals surface area contributed by atoms with Gasteiger partial charge in [-0.05, 0) is 67.3 Å². The van der Waals surface area contributed by atoms with Crippen LogP contribution in [0.1, 0.15) is 37.8 Å². The molecule has 0 unspecified atom stereocenters. The van der Waals surface area contributed by atoms with E-state index >= 15 is 0 Å². The monoisotopic (exact) mass is 551 g/mol. The highest BCUT2D eigenvalue weighted by Crippen LogP contribution is 2.25. The van der Waals surface area contributed by atoms with Crippen LogP contribution in [-0.2, 0) is 26.2 Å². The number of aryl methyl sites for hydroxylation is 1. The van der Waals surface area contributed by atoms with E-state index in [1.165, 1.54) is 17.0 Å². The van der Waals surface area contributed by atoms with E-state index in [1.54, 1.807) is 55.6 Å². The van der Waals surface area contributed by atoms with Crippen LogP contribution in [0.25, 0.3) is 0 Å². The van der Waals surface area contributed by atoms with E-state index in [2.05, 4.69) is 5.32 Å². The van der Waals surface area contributed by atoms with E-state index in [-0.39, 0.29) is 17.3 Å². The Hall–Kier alpha value is -3.85. The molecule has 9 heteroatoms. The van der Waals surface area contributed by atoms with E-state index < -0.39 is 28.5 Å². The van der Waals surface area contributed by atoms with Crippen molar-refractivity contribution in [2.24, 2.45) is 0 Å². The van der Waals surface area contributed by atoms with Crippen molar-refractivity contribution < 1.29 is 22.7 Å². The summed E-state index contributed by atoms with van der Waals surface area (Å²) >= 11 is 0. The maximum atomic E-state index is 14.0.